The maximum absolute atomic E-state index is 12.7. The molecule has 1 aromatic carbocycles. The van der Waals surface area contributed by atoms with Gasteiger partial charge in [0.2, 0.25) is 11.0 Å². The summed E-state index contributed by atoms with van der Waals surface area (Å²) in [6.45, 7) is 1.50. The molecule has 9 heteroatoms. The second kappa shape index (κ2) is 6.72. The second-order valence-electron chi connectivity index (χ2n) is 5.46. The molecule has 0 spiro atoms. The molecule has 0 saturated heterocycles. The van der Waals surface area contributed by atoms with Crippen LogP contribution in [0.4, 0.5) is 18.3 Å². The van der Waals surface area contributed by atoms with Crippen LogP contribution in [-0.4, -0.2) is 22.1 Å². The van der Waals surface area contributed by atoms with Crippen LogP contribution in [0.15, 0.2) is 28.6 Å². The summed E-state index contributed by atoms with van der Waals surface area (Å²) in [5.41, 5.74) is -0.0905. The van der Waals surface area contributed by atoms with E-state index in [0.29, 0.717) is 20.8 Å². The third-order valence-corrected chi connectivity index (χ3v) is 5.60. The molecule has 1 aliphatic carbocycles. The number of thioether (sulfide) groups is 1. The molecular weight excluding hydrogens is 359 g/mol. The molecule has 3 rings (SSSR count). The lowest BCUT2D eigenvalue weighted by molar-refractivity contribution is -0.137. The van der Waals surface area contributed by atoms with E-state index >= 15 is 0 Å². The van der Waals surface area contributed by atoms with E-state index in [9.17, 15) is 18.0 Å². The van der Waals surface area contributed by atoms with Crippen molar-refractivity contribution in [2.24, 2.45) is 0 Å². The summed E-state index contributed by atoms with van der Waals surface area (Å²) in [7, 11) is 0. The molecular formula is C15H14F3N3OS2. The average Bonchev–Trinajstić information content (AvgIpc) is 3.22. The Morgan fingerprint density at radius 1 is 1.38 bits per heavy atom. The van der Waals surface area contributed by atoms with E-state index in [-0.39, 0.29) is 11.9 Å². The van der Waals surface area contributed by atoms with Crippen LogP contribution in [0.2, 0.25) is 0 Å². The number of carbonyl (C=O) groups excluding carboxylic acids is 1. The monoisotopic (exact) mass is 373 g/mol. The molecule has 1 aromatic heterocycles. The summed E-state index contributed by atoms with van der Waals surface area (Å²) in [5.74, 6) is 0.297. The molecule has 0 atom stereocenters. The number of rotatable bonds is 5. The summed E-state index contributed by atoms with van der Waals surface area (Å²) in [6, 6.07) is 5.45. The van der Waals surface area contributed by atoms with Gasteiger partial charge in [-0.1, -0.05) is 41.3 Å². The molecule has 0 unspecified atom stereocenters. The topological polar surface area (TPSA) is 46.1 Å². The quantitative estimate of drug-likeness (QED) is 0.577. The van der Waals surface area contributed by atoms with Crippen LogP contribution in [0.25, 0.3) is 0 Å². The van der Waals surface area contributed by atoms with Gasteiger partial charge in [-0.15, -0.1) is 10.2 Å². The number of amides is 1. The first-order valence-corrected chi connectivity index (χ1v) is 9.07. The first kappa shape index (κ1) is 17.2. The maximum Gasteiger partial charge on any atom is 0.416 e. The van der Waals surface area contributed by atoms with Crippen molar-refractivity contribution in [2.75, 3.05) is 4.90 Å². The van der Waals surface area contributed by atoms with Gasteiger partial charge in [-0.3, -0.25) is 9.69 Å². The minimum absolute atomic E-state index is 0.0666. The Morgan fingerprint density at radius 2 is 2.12 bits per heavy atom. The zero-order chi connectivity index (χ0) is 17.3. The van der Waals surface area contributed by atoms with Crippen molar-refractivity contribution in [3.8, 4) is 0 Å². The Bertz CT molecular complexity index is 744. The van der Waals surface area contributed by atoms with Gasteiger partial charge in [-0.2, -0.15) is 13.2 Å². The zero-order valence-electron chi connectivity index (χ0n) is 12.7. The molecule has 2 aromatic rings. The first-order chi connectivity index (χ1) is 11.3. The van der Waals surface area contributed by atoms with E-state index in [4.69, 9.17) is 0 Å². The molecule has 24 heavy (non-hydrogen) atoms. The molecule has 1 heterocycles. The Balaban J connectivity index is 1.66. The summed E-state index contributed by atoms with van der Waals surface area (Å²) in [4.78, 5) is 13.3. The van der Waals surface area contributed by atoms with Crippen LogP contribution in [0.3, 0.4) is 0 Å². The van der Waals surface area contributed by atoms with Gasteiger partial charge in [0, 0.05) is 18.7 Å². The number of carbonyl (C=O) groups is 1. The lowest BCUT2D eigenvalue weighted by atomic mass is 10.1. The van der Waals surface area contributed by atoms with Crippen LogP contribution in [0, 0.1) is 0 Å². The molecule has 0 N–H and O–H groups in total. The summed E-state index contributed by atoms with van der Waals surface area (Å²) < 4.78 is 38.8. The number of benzene rings is 1. The summed E-state index contributed by atoms with van der Waals surface area (Å²) in [6.07, 6.45) is -2.42. The molecule has 0 bridgehead atoms. The van der Waals surface area contributed by atoms with E-state index in [0.717, 1.165) is 25.0 Å². The normalized spacial score (nSPS) is 14.7. The lowest BCUT2D eigenvalue weighted by Gasteiger charge is -2.15. The fraction of sp³-hybridized carbons (Fsp3) is 0.400. The Labute approximate surface area is 145 Å². The number of hydrogen-bond donors (Lipinski definition) is 0. The van der Waals surface area contributed by atoms with Crippen LogP contribution in [0.1, 0.15) is 30.9 Å². The average molecular weight is 373 g/mol. The Morgan fingerprint density at radius 3 is 2.75 bits per heavy atom. The fourth-order valence-corrected chi connectivity index (χ4v) is 4.12. The summed E-state index contributed by atoms with van der Waals surface area (Å²) >= 11 is 2.60. The van der Waals surface area contributed by atoms with Gasteiger partial charge in [0.05, 0.1) is 5.56 Å². The third kappa shape index (κ3) is 4.07. The smallest absolute Gasteiger partial charge is 0.284 e. The largest absolute Gasteiger partial charge is 0.416 e. The van der Waals surface area contributed by atoms with Gasteiger partial charge >= 0.3 is 6.18 Å². The highest BCUT2D eigenvalue weighted by Crippen LogP contribution is 2.37. The maximum atomic E-state index is 12.7. The van der Waals surface area contributed by atoms with Crippen molar-refractivity contribution < 1.29 is 18.0 Å². The van der Waals surface area contributed by atoms with E-state index < -0.39 is 11.7 Å². The number of halogens is 3. The summed E-state index contributed by atoms with van der Waals surface area (Å²) in [5, 5.41) is 8.62. The number of alkyl halides is 3. The predicted octanol–water partition coefficient (Wildman–Crippen LogP) is 4.36. The highest BCUT2D eigenvalue weighted by Gasteiger charge is 2.34. The van der Waals surface area contributed by atoms with Crippen molar-refractivity contribution in [2.45, 2.75) is 42.1 Å². The van der Waals surface area contributed by atoms with Crippen molar-refractivity contribution in [3.63, 3.8) is 0 Å². The lowest BCUT2D eigenvalue weighted by Crippen LogP contribution is -2.30. The highest BCUT2D eigenvalue weighted by atomic mass is 32.2. The first-order valence-electron chi connectivity index (χ1n) is 7.27. The Kier molecular flexibility index (Phi) is 4.82. The van der Waals surface area contributed by atoms with Gasteiger partial charge in [-0.25, -0.2) is 0 Å². The molecule has 0 radical (unpaired) electrons. The van der Waals surface area contributed by atoms with Crippen molar-refractivity contribution >= 4 is 34.1 Å². The van der Waals surface area contributed by atoms with E-state index in [2.05, 4.69) is 10.2 Å². The third-order valence-electron chi connectivity index (χ3n) is 3.47. The molecule has 1 fully saturated rings. The van der Waals surface area contributed by atoms with Crippen LogP contribution in [0.5, 0.6) is 0 Å². The molecule has 1 amide bonds. The van der Waals surface area contributed by atoms with E-state index in [1.165, 1.54) is 36.1 Å². The molecule has 128 valence electrons. The van der Waals surface area contributed by atoms with Crippen LogP contribution in [-0.2, 0) is 16.7 Å². The second-order valence-corrected chi connectivity index (χ2v) is 7.64. The van der Waals surface area contributed by atoms with Gasteiger partial charge in [-0.05, 0) is 24.5 Å². The fourth-order valence-electron chi connectivity index (χ4n) is 2.22. The highest BCUT2D eigenvalue weighted by molar-refractivity contribution is 8.00. The number of hydrogen-bond acceptors (Lipinski definition) is 5. The number of aromatic nitrogens is 2. The van der Waals surface area contributed by atoms with E-state index in [1.807, 2.05) is 0 Å². The standard InChI is InChI=1S/C15H14F3N3OS2/c1-9(22)21(12-5-6-12)13-19-20-14(24-13)23-8-10-3-2-4-11(7-10)15(16,17)18/h2-4,7,12H,5-6,8H2,1H3. The number of anilines is 1. The minimum Gasteiger partial charge on any atom is -0.284 e. The Hall–Kier alpha value is -1.61. The minimum atomic E-state index is -4.34. The van der Waals surface area contributed by atoms with Crippen LogP contribution < -0.4 is 4.90 Å². The molecule has 1 aliphatic rings. The predicted molar refractivity (Wildman–Crippen MR) is 87.1 cm³/mol. The number of nitrogens with zero attached hydrogens (tertiary/aromatic N) is 3. The van der Waals surface area contributed by atoms with Crippen LogP contribution >= 0.6 is 23.1 Å². The molecule has 0 aliphatic heterocycles. The van der Waals surface area contributed by atoms with Gasteiger partial charge < -0.3 is 0 Å². The molecule has 4 nitrogen and oxygen atoms in total. The van der Waals surface area contributed by atoms with Crippen molar-refractivity contribution in [1.82, 2.24) is 10.2 Å². The van der Waals surface area contributed by atoms with Crippen molar-refractivity contribution in [1.29, 1.82) is 0 Å². The van der Waals surface area contributed by atoms with Crippen molar-refractivity contribution in [3.05, 3.63) is 35.4 Å². The van der Waals surface area contributed by atoms with Gasteiger partial charge in [0.15, 0.2) is 4.34 Å². The van der Waals surface area contributed by atoms with E-state index in [1.54, 1.807) is 11.0 Å². The van der Waals surface area contributed by atoms with Gasteiger partial charge in [0.25, 0.3) is 0 Å². The van der Waals surface area contributed by atoms with Gasteiger partial charge in [0.1, 0.15) is 0 Å². The zero-order valence-corrected chi connectivity index (χ0v) is 14.3. The SMILES string of the molecule is CC(=O)N(c1nnc(SCc2cccc(C(F)(F)F)c2)s1)C1CC1. The molecule has 1 saturated carbocycles.